The molecule has 3 rings (SSSR count). The molecule has 0 aliphatic carbocycles. The highest BCUT2D eigenvalue weighted by Crippen LogP contribution is 2.90. The average molecular weight is 383 g/mol. The quantitative estimate of drug-likeness (QED) is 0.456. The van der Waals surface area contributed by atoms with Crippen LogP contribution in [-0.4, -0.2) is 5.16 Å². The minimum absolute atomic E-state index is 0.115. The highest BCUT2D eigenvalue weighted by molar-refractivity contribution is 7.85. The van der Waals surface area contributed by atoms with E-state index in [1.54, 1.807) is 19.7 Å². The van der Waals surface area contributed by atoms with E-state index in [0.717, 1.165) is 10.8 Å². The van der Waals surface area contributed by atoms with Gasteiger partial charge in [-0.05, 0) is 69.0 Å². The Morgan fingerprint density at radius 2 is 0.962 bits per heavy atom. The molecule has 0 bridgehead atoms. The average Bonchev–Trinajstić information content (AvgIpc) is 2.40. The first-order chi connectivity index (χ1) is 12.0. The largest absolute Gasteiger partial charge is 0.514 e. The number of aryl methyl sites for hydroxylation is 6. The van der Waals surface area contributed by atoms with Crippen LogP contribution >= 0.6 is 16.5 Å². The van der Waals surface area contributed by atoms with Crippen LogP contribution in [0.1, 0.15) is 76.1 Å². The van der Waals surface area contributed by atoms with Crippen LogP contribution in [0.15, 0.2) is 24.3 Å². The maximum absolute atomic E-state index is 2.46. The minimum atomic E-state index is -0.115. The van der Waals surface area contributed by atoms with E-state index in [1.807, 2.05) is 0 Å². The van der Waals surface area contributed by atoms with Crippen molar-refractivity contribution in [1.82, 2.24) is 0 Å². The van der Waals surface area contributed by atoms with Crippen LogP contribution in [0.25, 0.3) is 0 Å². The summed E-state index contributed by atoms with van der Waals surface area (Å²) in [5.74, 6) is 0. The van der Waals surface area contributed by atoms with Crippen LogP contribution in [0.2, 0.25) is 0 Å². The molecule has 1 saturated heterocycles. The summed E-state index contributed by atoms with van der Waals surface area (Å²) in [6.45, 7) is 21.1. The predicted octanol–water partition coefficient (Wildman–Crippen LogP) is 8.47. The van der Waals surface area contributed by atoms with Crippen LogP contribution in [0, 0.1) is 41.5 Å². The van der Waals surface area contributed by atoms with E-state index in [2.05, 4.69) is 86.6 Å². The Morgan fingerprint density at radius 3 is 1.23 bits per heavy atom. The molecule has 1 heterocycles. The van der Waals surface area contributed by atoms with Gasteiger partial charge in [0.15, 0.2) is 0 Å². The fourth-order valence-electron chi connectivity index (χ4n) is 4.70. The van der Waals surface area contributed by atoms with Gasteiger partial charge in [-0.15, -0.1) is 18.7 Å². The summed E-state index contributed by atoms with van der Waals surface area (Å²) in [6, 6.07) is 9.51. The van der Waals surface area contributed by atoms with Gasteiger partial charge in [0.2, 0.25) is 0 Å². The van der Waals surface area contributed by atoms with Crippen molar-refractivity contribution < 1.29 is 0 Å². The maximum Gasteiger partial charge on any atom is -0.0212 e. The number of benzene rings is 2. The first-order valence-electron chi connectivity index (χ1n) is 9.64. The zero-order chi connectivity index (χ0) is 19.4. The lowest BCUT2D eigenvalue weighted by molar-refractivity contribution is 0.766. The molecule has 140 valence electrons. The lowest BCUT2D eigenvalue weighted by Crippen LogP contribution is -2.25. The second kappa shape index (κ2) is 7.04. The van der Waals surface area contributed by atoms with Gasteiger partial charge >= 0.3 is 0 Å². The summed E-state index contributed by atoms with van der Waals surface area (Å²) in [5, 5.41) is 1.80. The molecule has 2 unspecified atom stereocenters. The summed E-state index contributed by atoms with van der Waals surface area (Å²) in [5.41, 5.74) is 12.0. The summed E-state index contributed by atoms with van der Waals surface area (Å²) in [7, 11) is 1.50. The SMILES string of the molecule is Cc1cc(C)c(C2[P-]C(c3c(C)cc(C)cc3C)P2C(C)(C)C)c(C)c1. The molecule has 2 aromatic rings. The second-order valence-electron chi connectivity index (χ2n) is 9.10. The number of hydrogen-bond donors (Lipinski definition) is 0. The third kappa shape index (κ3) is 3.53. The van der Waals surface area contributed by atoms with E-state index < -0.39 is 0 Å². The van der Waals surface area contributed by atoms with Crippen molar-refractivity contribution in [2.45, 2.75) is 78.3 Å². The highest BCUT2D eigenvalue weighted by atomic mass is 31.2. The Bertz CT molecular complexity index is 732. The van der Waals surface area contributed by atoms with Gasteiger partial charge in [0.25, 0.3) is 0 Å². The second-order valence-corrected chi connectivity index (χ2v) is 14.4. The van der Waals surface area contributed by atoms with E-state index in [9.17, 15) is 0 Å². The van der Waals surface area contributed by atoms with E-state index in [0.29, 0.717) is 5.16 Å². The van der Waals surface area contributed by atoms with Crippen molar-refractivity contribution >= 4 is 16.5 Å². The molecule has 0 saturated carbocycles. The lowest BCUT2D eigenvalue weighted by atomic mass is 10.0. The first kappa shape index (κ1) is 20.0. The topological polar surface area (TPSA) is 0 Å². The molecule has 0 aromatic heterocycles. The van der Waals surface area contributed by atoms with Crippen LogP contribution in [0.3, 0.4) is 0 Å². The molecular weight excluding hydrogens is 350 g/mol. The Labute approximate surface area is 163 Å². The van der Waals surface area contributed by atoms with Crippen molar-refractivity contribution in [3.63, 3.8) is 0 Å². The van der Waals surface area contributed by atoms with Gasteiger partial charge in [0.05, 0.1) is 0 Å². The molecule has 0 amide bonds. The smallest absolute Gasteiger partial charge is 0.0212 e. The fourth-order valence-corrected chi connectivity index (χ4v) is 13.0. The molecule has 1 aliphatic rings. The van der Waals surface area contributed by atoms with Gasteiger partial charge in [-0.2, -0.15) is 0 Å². The Morgan fingerprint density at radius 1 is 0.654 bits per heavy atom. The van der Waals surface area contributed by atoms with E-state index in [4.69, 9.17) is 0 Å². The number of hydrogen-bond acceptors (Lipinski definition) is 0. The third-order valence-corrected chi connectivity index (χ3v) is 12.1. The fraction of sp³-hybridized carbons (Fsp3) is 0.500. The van der Waals surface area contributed by atoms with Crippen LogP contribution in [0.4, 0.5) is 0 Å². The molecule has 2 aromatic carbocycles. The minimum Gasteiger partial charge on any atom is -0.514 e. The van der Waals surface area contributed by atoms with E-state index in [-0.39, 0.29) is 7.92 Å². The summed E-state index contributed by atoms with van der Waals surface area (Å²) >= 11 is 0. The van der Waals surface area contributed by atoms with Crippen molar-refractivity contribution in [2.75, 3.05) is 0 Å². The van der Waals surface area contributed by atoms with Crippen LogP contribution in [0.5, 0.6) is 0 Å². The monoisotopic (exact) mass is 383 g/mol. The molecule has 0 nitrogen and oxygen atoms in total. The molecular formula is C24H33P2-. The molecule has 0 N–H and O–H groups in total. The highest BCUT2D eigenvalue weighted by Gasteiger charge is 2.39. The lowest BCUT2D eigenvalue weighted by Gasteiger charge is -2.66. The zero-order valence-corrected chi connectivity index (χ0v) is 19.6. The summed E-state index contributed by atoms with van der Waals surface area (Å²) in [4.78, 5) is 0. The molecule has 26 heavy (non-hydrogen) atoms. The molecule has 0 radical (unpaired) electrons. The Hall–Kier alpha value is -0.700. The summed E-state index contributed by atoms with van der Waals surface area (Å²) in [6.07, 6.45) is 0. The molecule has 2 atom stereocenters. The maximum atomic E-state index is 2.46. The molecule has 2 heteroatoms. The van der Waals surface area contributed by atoms with Gasteiger partial charge < -0.3 is 8.58 Å². The van der Waals surface area contributed by atoms with E-state index in [1.165, 1.54) is 33.4 Å². The van der Waals surface area contributed by atoms with Gasteiger partial charge in [-0.3, -0.25) is 0 Å². The van der Waals surface area contributed by atoms with E-state index >= 15 is 0 Å². The van der Waals surface area contributed by atoms with Crippen LogP contribution in [-0.2, 0) is 0 Å². The normalized spacial score (nSPS) is 24.0. The van der Waals surface area contributed by atoms with Crippen molar-refractivity contribution in [3.05, 3.63) is 68.8 Å². The predicted molar refractivity (Wildman–Crippen MR) is 120 cm³/mol. The summed E-state index contributed by atoms with van der Waals surface area (Å²) < 4.78 is 0. The first-order valence-corrected chi connectivity index (χ1v) is 12.2. The van der Waals surface area contributed by atoms with Gasteiger partial charge in [0.1, 0.15) is 0 Å². The zero-order valence-electron chi connectivity index (χ0n) is 17.9. The Kier molecular flexibility index (Phi) is 5.42. The van der Waals surface area contributed by atoms with Crippen molar-refractivity contribution in [1.29, 1.82) is 0 Å². The standard InChI is InChI=1S/C24H33P2/c1-14-10-16(3)20(17(4)11-14)22-25-23(26(22)24(7,8)9)21-18(5)12-15(2)13-19(21)6/h10-13,22-23H,1-9H3/q-1. The van der Waals surface area contributed by atoms with Gasteiger partial charge in [-0.1, -0.05) is 67.3 Å². The van der Waals surface area contributed by atoms with Gasteiger partial charge in [-0.25, -0.2) is 0 Å². The Balaban J connectivity index is 2.06. The number of rotatable bonds is 2. The third-order valence-electron chi connectivity index (χ3n) is 5.58. The van der Waals surface area contributed by atoms with Crippen molar-refractivity contribution in [3.8, 4) is 0 Å². The van der Waals surface area contributed by atoms with Crippen LogP contribution < -0.4 is 0 Å². The van der Waals surface area contributed by atoms with Gasteiger partial charge in [0, 0.05) is 0 Å². The molecule has 0 spiro atoms. The molecule has 1 aliphatic heterocycles. The van der Waals surface area contributed by atoms with Crippen molar-refractivity contribution in [2.24, 2.45) is 0 Å². The molecule has 1 fully saturated rings.